The first kappa shape index (κ1) is 20.1. The van der Waals surface area contributed by atoms with Crippen LogP contribution in [0, 0.1) is 6.92 Å². The van der Waals surface area contributed by atoms with Crippen LogP contribution in [0.4, 0.5) is 5.88 Å². The van der Waals surface area contributed by atoms with Gasteiger partial charge in [0.2, 0.25) is 20.7 Å². The van der Waals surface area contributed by atoms with E-state index in [0.717, 1.165) is 30.4 Å². The Balaban J connectivity index is 1.91. The summed E-state index contributed by atoms with van der Waals surface area (Å²) in [4.78, 5) is 4.56. The number of unbranched alkanes of at least 4 members (excludes halogenated alkanes) is 2. The van der Waals surface area contributed by atoms with Crippen LogP contribution in [0.1, 0.15) is 43.2 Å². The van der Waals surface area contributed by atoms with Gasteiger partial charge in [-0.05, 0) is 31.0 Å². The predicted octanol–water partition coefficient (Wildman–Crippen LogP) is 5.16. The molecule has 0 atom stereocenters. The van der Waals surface area contributed by atoms with Crippen molar-refractivity contribution < 1.29 is 12.8 Å². The molecule has 0 saturated heterocycles. The van der Waals surface area contributed by atoms with E-state index in [1.165, 1.54) is 0 Å². The fourth-order valence-corrected chi connectivity index (χ4v) is 4.18. The topological polar surface area (TPSA) is 72.2 Å². The van der Waals surface area contributed by atoms with Crippen LogP contribution in [0.15, 0.2) is 68.9 Å². The Labute approximate surface area is 166 Å². The van der Waals surface area contributed by atoms with Gasteiger partial charge in [0.05, 0.1) is 4.90 Å². The van der Waals surface area contributed by atoms with E-state index in [2.05, 4.69) is 17.2 Å². The van der Waals surface area contributed by atoms with Gasteiger partial charge in [-0.15, -0.1) is 0 Å². The van der Waals surface area contributed by atoms with Crippen LogP contribution < -0.4 is 5.32 Å². The molecule has 0 fully saturated rings. The molecule has 6 heteroatoms. The molecular formula is C22H26N2O3S. The Kier molecular flexibility index (Phi) is 6.52. The van der Waals surface area contributed by atoms with Crippen LogP contribution in [0.5, 0.6) is 0 Å². The molecule has 3 rings (SSSR count). The van der Waals surface area contributed by atoms with Crippen molar-refractivity contribution in [3.05, 3.63) is 71.6 Å². The molecule has 3 aromatic rings. The van der Waals surface area contributed by atoms with E-state index < -0.39 is 9.84 Å². The van der Waals surface area contributed by atoms with Gasteiger partial charge < -0.3 is 9.73 Å². The molecule has 1 N–H and O–H groups in total. The van der Waals surface area contributed by atoms with Crippen molar-refractivity contribution in [2.75, 3.05) is 5.32 Å². The molecule has 0 amide bonds. The SMILES string of the molecule is CCCCCc1nc(S(=O)(=O)c2ccc(C)cc2)c(NCc2ccccc2)o1. The molecule has 0 spiro atoms. The monoisotopic (exact) mass is 398 g/mol. The number of anilines is 1. The summed E-state index contributed by atoms with van der Waals surface area (Å²) in [5, 5.41) is 3.08. The average Bonchev–Trinajstić information content (AvgIpc) is 3.12. The van der Waals surface area contributed by atoms with E-state index >= 15 is 0 Å². The Hall–Kier alpha value is -2.60. The van der Waals surface area contributed by atoms with Crippen molar-refractivity contribution >= 4 is 15.7 Å². The molecule has 0 aliphatic carbocycles. The third-order valence-corrected chi connectivity index (χ3v) is 6.19. The minimum atomic E-state index is -3.77. The zero-order valence-corrected chi connectivity index (χ0v) is 17.1. The third-order valence-electron chi connectivity index (χ3n) is 4.52. The van der Waals surface area contributed by atoms with Gasteiger partial charge >= 0.3 is 0 Å². The first-order valence-electron chi connectivity index (χ1n) is 9.60. The maximum Gasteiger partial charge on any atom is 0.233 e. The molecule has 1 aromatic heterocycles. The van der Waals surface area contributed by atoms with E-state index in [1.54, 1.807) is 24.3 Å². The van der Waals surface area contributed by atoms with Gasteiger partial charge in [0.15, 0.2) is 5.89 Å². The summed E-state index contributed by atoms with van der Waals surface area (Å²) in [7, 11) is -3.77. The van der Waals surface area contributed by atoms with Crippen LogP contribution in [0.25, 0.3) is 0 Å². The molecule has 0 radical (unpaired) electrons. The van der Waals surface area contributed by atoms with Gasteiger partial charge in [-0.3, -0.25) is 0 Å². The lowest BCUT2D eigenvalue weighted by Gasteiger charge is -2.06. The maximum absolute atomic E-state index is 13.2. The van der Waals surface area contributed by atoms with E-state index in [4.69, 9.17) is 4.42 Å². The van der Waals surface area contributed by atoms with E-state index in [9.17, 15) is 8.42 Å². The van der Waals surface area contributed by atoms with Crippen LogP contribution in [0.2, 0.25) is 0 Å². The van der Waals surface area contributed by atoms with Crippen LogP contribution >= 0.6 is 0 Å². The van der Waals surface area contributed by atoms with Gasteiger partial charge in [-0.25, -0.2) is 8.42 Å². The summed E-state index contributed by atoms with van der Waals surface area (Å²) in [5.74, 6) is 0.658. The van der Waals surface area contributed by atoms with Gasteiger partial charge in [-0.1, -0.05) is 67.8 Å². The molecule has 148 valence electrons. The second kappa shape index (κ2) is 9.06. The van der Waals surface area contributed by atoms with Crippen molar-refractivity contribution in [3.63, 3.8) is 0 Å². The van der Waals surface area contributed by atoms with E-state index in [0.29, 0.717) is 18.9 Å². The number of nitrogens with zero attached hydrogens (tertiary/aromatic N) is 1. The van der Waals surface area contributed by atoms with Crippen molar-refractivity contribution in [2.24, 2.45) is 0 Å². The van der Waals surface area contributed by atoms with E-state index in [-0.39, 0.29) is 15.8 Å². The number of aryl methyl sites for hydroxylation is 2. The number of rotatable bonds is 9. The summed E-state index contributed by atoms with van der Waals surface area (Å²) < 4.78 is 32.1. The third kappa shape index (κ3) is 4.81. The summed E-state index contributed by atoms with van der Waals surface area (Å²) in [6, 6.07) is 16.6. The highest BCUT2D eigenvalue weighted by molar-refractivity contribution is 7.91. The number of nitrogens with one attached hydrogen (secondary N) is 1. The highest BCUT2D eigenvalue weighted by atomic mass is 32.2. The standard InChI is InChI=1S/C22H26N2O3S/c1-3-4-6-11-20-24-22(28(25,26)19-14-12-17(2)13-15-19)21(27-20)23-16-18-9-7-5-8-10-18/h5,7-10,12-15,23H,3-4,6,11,16H2,1-2H3. The fourth-order valence-electron chi connectivity index (χ4n) is 2.88. The summed E-state index contributed by atoms with van der Waals surface area (Å²) in [6.07, 6.45) is 3.67. The largest absolute Gasteiger partial charge is 0.424 e. The van der Waals surface area contributed by atoms with Gasteiger partial charge in [0.1, 0.15) is 0 Å². The lowest BCUT2D eigenvalue weighted by molar-refractivity contribution is 0.491. The minimum Gasteiger partial charge on any atom is -0.424 e. The molecule has 0 bridgehead atoms. The fraction of sp³-hybridized carbons (Fsp3) is 0.318. The normalized spacial score (nSPS) is 11.5. The summed E-state index contributed by atoms with van der Waals surface area (Å²) in [5.41, 5.74) is 2.03. The second-order valence-corrected chi connectivity index (χ2v) is 8.72. The lowest BCUT2D eigenvalue weighted by Crippen LogP contribution is -2.07. The van der Waals surface area contributed by atoms with Gasteiger partial charge in [-0.2, -0.15) is 4.98 Å². The minimum absolute atomic E-state index is 0.0428. The number of sulfone groups is 1. The first-order chi connectivity index (χ1) is 13.5. The quantitative estimate of drug-likeness (QED) is 0.504. The molecule has 5 nitrogen and oxygen atoms in total. The Morgan fingerprint density at radius 1 is 1.00 bits per heavy atom. The Morgan fingerprint density at radius 2 is 1.71 bits per heavy atom. The number of oxazole rings is 1. The number of hydrogen-bond donors (Lipinski definition) is 1. The van der Waals surface area contributed by atoms with Gasteiger partial charge in [0, 0.05) is 13.0 Å². The molecule has 0 aliphatic rings. The smallest absolute Gasteiger partial charge is 0.233 e. The molecule has 0 unspecified atom stereocenters. The molecule has 0 saturated carbocycles. The highest BCUT2D eigenvalue weighted by Crippen LogP contribution is 2.29. The first-order valence-corrected chi connectivity index (χ1v) is 11.1. The van der Waals surface area contributed by atoms with Crippen molar-refractivity contribution in [1.82, 2.24) is 4.98 Å². The molecule has 2 aromatic carbocycles. The van der Waals surface area contributed by atoms with Crippen LogP contribution in [-0.4, -0.2) is 13.4 Å². The van der Waals surface area contributed by atoms with Gasteiger partial charge in [0.25, 0.3) is 0 Å². The lowest BCUT2D eigenvalue weighted by atomic mass is 10.2. The average molecular weight is 399 g/mol. The summed E-state index contributed by atoms with van der Waals surface area (Å²) in [6.45, 7) is 4.50. The zero-order chi connectivity index (χ0) is 20.0. The van der Waals surface area contributed by atoms with Crippen molar-refractivity contribution in [1.29, 1.82) is 0 Å². The second-order valence-electron chi connectivity index (χ2n) is 6.85. The Morgan fingerprint density at radius 3 is 2.39 bits per heavy atom. The van der Waals surface area contributed by atoms with Crippen molar-refractivity contribution in [2.45, 2.75) is 56.0 Å². The number of aromatic nitrogens is 1. The predicted molar refractivity (Wildman–Crippen MR) is 110 cm³/mol. The zero-order valence-electron chi connectivity index (χ0n) is 16.3. The molecule has 1 heterocycles. The maximum atomic E-state index is 13.2. The number of hydrogen-bond acceptors (Lipinski definition) is 5. The highest BCUT2D eigenvalue weighted by Gasteiger charge is 2.27. The number of benzene rings is 2. The molecule has 28 heavy (non-hydrogen) atoms. The van der Waals surface area contributed by atoms with Crippen LogP contribution in [0.3, 0.4) is 0 Å². The molecular weight excluding hydrogens is 372 g/mol. The van der Waals surface area contributed by atoms with Crippen molar-refractivity contribution in [3.8, 4) is 0 Å². The summed E-state index contributed by atoms with van der Waals surface area (Å²) >= 11 is 0. The van der Waals surface area contributed by atoms with Crippen LogP contribution in [-0.2, 0) is 22.8 Å². The molecule has 0 aliphatic heterocycles. The van der Waals surface area contributed by atoms with E-state index in [1.807, 2.05) is 37.3 Å². The Bertz CT molecular complexity index is 994.